The second kappa shape index (κ2) is 6.91. The molecule has 0 heterocycles. The van der Waals surface area contributed by atoms with E-state index in [4.69, 9.17) is 4.74 Å². The van der Waals surface area contributed by atoms with E-state index in [0.717, 1.165) is 0 Å². The lowest BCUT2D eigenvalue weighted by Crippen LogP contribution is -2.79. The summed E-state index contributed by atoms with van der Waals surface area (Å²) in [5, 5.41) is 32.9. The van der Waals surface area contributed by atoms with Crippen LogP contribution in [0.5, 0.6) is 0 Å². The molecule has 4 aliphatic carbocycles. The molecule has 4 saturated carbocycles. The molecule has 4 bridgehead atoms. The van der Waals surface area contributed by atoms with Crippen molar-refractivity contribution in [2.24, 2.45) is 16.2 Å². The number of carbonyl (C=O) groups excluding carboxylic acids is 1. The average Bonchev–Trinajstić information content (AvgIpc) is 2.56. The smallest absolute Gasteiger partial charge is 0.417 e. The highest BCUT2D eigenvalue weighted by Crippen LogP contribution is 2.79. The lowest BCUT2D eigenvalue weighted by Gasteiger charge is -2.75. The first-order chi connectivity index (χ1) is 14.8. The van der Waals surface area contributed by atoms with E-state index < -0.39 is 89.1 Å². The van der Waals surface area contributed by atoms with E-state index in [-0.39, 0.29) is 12.0 Å². The maximum Gasteiger partial charge on any atom is 0.417 e. The normalized spacial score (nSPS) is 39.4. The number of carbonyl (C=O) groups is 1. The van der Waals surface area contributed by atoms with Gasteiger partial charge in [0.2, 0.25) is 0 Å². The minimum atomic E-state index is -5.25. The summed E-state index contributed by atoms with van der Waals surface area (Å²) in [6.07, 6.45) is -13.6. The molecular formula is C23H32F6O5. The monoisotopic (exact) mass is 502 g/mol. The van der Waals surface area contributed by atoms with Crippen molar-refractivity contribution < 1.29 is 51.2 Å². The molecule has 5 nitrogen and oxygen atoms in total. The van der Waals surface area contributed by atoms with Crippen LogP contribution < -0.4 is 0 Å². The zero-order valence-corrected chi connectivity index (χ0v) is 19.9. The third-order valence-electron chi connectivity index (χ3n) is 9.14. The van der Waals surface area contributed by atoms with Crippen LogP contribution in [0.3, 0.4) is 0 Å². The Kier molecular flexibility index (Phi) is 5.54. The first-order valence-corrected chi connectivity index (χ1v) is 11.0. The Labute approximate surface area is 194 Å². The lowest BCUT2D eigenvalue weighted by atomic mass is 9.31. The quantitative estimate of drug-likeness (QED) is 0.291. The van der Waals surface area contributed by atoms with Crippen LogP contribution in [-0.4, -0.2) is 56.0 Å². The Morgan fingerprint density at radius 2 is 1.06 bits per heavy atom. The van der Waals surface area contributed by atoms with Crippen molar-refractivity contribution in [3.05, 3.63) is 12.2 Å². The van der Waals surface area contributed by atoms with Gasteiger partial charge in [-0.1, -0.05) is 6.58 Å². The number of hydrogen-bond donors (Lipinski definition) is 3. The lowest BCUT2D eigenvalue weighted by molar-refractivity contribution is -0.397. The molecule has 3 N–H and O–H groups in total. The van der Waals surface area contributed by atoms with Gasteiger partial charge in [0.15, 0.2) is 11.2 Å². The van der Waals surface area contributed by atoms with Crippen LogP contribution in [0.15, 0.2) is 12.2 Å². The van der Waals surface area contributed by atoms with Gasteiger partial charge >= 0.3 is 18.3 Å². The zero-order chi connectivity index (χ0) is 26.6. The Balaban J connectivity index is 2.38. The summed E-state index contributed by atoms with van der Waals surface area (Å²) in [5.41, 5.74) is -17.0. The molecule has 0 aromatic rings. The van der Waals surface area contributed by atoms with Gasteiger partial charge in [0.1, 0.15) is 5.60 Å². The molecule has 11 heteroatoms. The number of ether oxygens (including phenoxy) is 1. The molecule has 4 fully saturated rings. The fourth-order valence-corrected chi connectivity index (χ4v) is 7.22. The Bertz CT molecular complexity index is 853. The standard InChI is InChI=1S/C23H32F6O5/c1-13(2)14(30)34-21-10-18(15(3,4)31)7-19(11-21,16(5,32)22(24,25)26)9-20(8-18,12-21)17(6,33)23(27,28)29/h31-33H,1,7-12H2,2-6H3. The predicted octanol–water partition coefficient (Wildman–Crippen LogP) is 4.58. The van der Waals surface area contributed by atoms with Gasteiger partial charge in [-0.25, -0.2) is 4.79 Å². The van der Waals surface area contributed by atoms with Crippen molar-refractivity contribution in [2.75, 3.05) is 0 Å². The summed E-state index contributed by atoms with van der Waals surface area (Å²) in [6.45, 7) is 8.30. The maximum absolute atomic E-state index is 14.2. The molecule has 0 aromatic carbocycles. The van der Waals surface area contributed by atoms with Gasteiger partial charge in [-0.05, 0) is 73.1 Å². The summed E-state index contributed by atoms with van der Waals surface area (Å²) in [6, 6.07) is 0. The Morgan fingerprint density at radius 1 is 0.735 bits per heavy atom. The van der Waals surface area contributed by atoms with Crippen molar-refractivity contribution in [3.63, 3.8) is 0 Å². The number of halogens is 6. The predicted molar refractivity (Wildman–Crippen MR) is 108 cm³/mol. The van der Waals surface area contributed by atoms with E-state index in [2.05, 4.69) is 6.58 Å². The molecule has 4 aliphatic rings. The Hall–Kier alpha value is -1.33. The highest BCUT2D eigenvalue weighted by atomic mass is 19.4. The van der Waals surface area contributed by atoms with E-state index in [1.54, 1.807) is 0 Å². The number of esters is 1. The van der Waals surface area contributed by atoms with Crippen LogP contribution in [0.1, 0.15) is 73.1 Å². The van der Waals surface area contributed by atoms with Gasteiger partial charge in [0, 0.05) is 21.8 Å². The minimum absolute atomic E-state index is 0.110. The van der Waals surface area contributed by atoms with Crippen molar-refractivity contribution in [1.82, 2.24) is 0 Å². The molecule has 0 radical (unpaired) electrons. The fourth-order valence-electron chi connectivity index (χ4n) is 7.22. The van der Waals surface area contributed by atoms with Crippen LogP contribution in [-0.2, 0) is 9.53 Å². The molecule has 196 valence electrons. The van der Waals surface area contributed by atoms with E-state index in [1.165, 1.54) is 20.8 Å². The SMILES string of the molecule is C=C(C)C(=O)OC12CC3(C(C)(C)O)CC(C(C)(O)C(F)(F)F)(C1)CC(C(C)(O)C(F)(F)F)(C2)C3. The molecule has 0 spiro atoms. The average molecular weight is 502 g/mol. The molecule has 0 aromatic heterocycles. The van der Waals surface area contributed by atoms with Crippen LogP contribution in [0.2, 0.25) is 0 Å². The number of alkyl halides is 6. The largest absolute Gasteiger partial charge is 0.456 e. The number of hydrogen-bond acceptors (Lipinski definition) is 5. The van der Waals surface area contributed by atoms with Crippen LogP contribution in [0, 0.1) is 16.2 Å². The third kappa shape index (κ3) is 3.43. The molecule has 4 rings (SSSR count). The van der Waals surface area contributed by atoms with Gasteiger partial charge in [-0.3, -0.25) is 0 Å². The second-order valence-corrected chi connectivity index (χ2v) is 12.0. The molecule has 34 heavy (non-hydrogen) atoms. The first kappa shape index (κ1) is 27.3. The van der Waals surface area contributed by atoms with Crippen molar-refractivity contribution in [2.45, 2.75) is 108 Å². The summed E-state index contributed by atoms with van der Waals surface area (Å²) in [7, 11) is 0. The summed E-state index contributed by atoms with van der Waals surface area (Å²) < 4.78 is 90.9. The Morgan fingerprint density at radius 3 is 1.35 bits per heavy atom. The first-order valence-electron chi connectivity index (χ1n) is 11.0. The molecule has 4 atom stereocenters. The van der Waals surface area contributed by atoms with E-state index in [1.807, 2.05) is 0 Å². The van der Waals surface area contributed by atoms with Gasteiger partial charge in [-0.2, -0.15) is 26.3 Å². The fraction of sp³-hybridized carbons (Fsp3) is 0.870. The summed E-state index contributed by atoms with van der Waals surface area (Å²) in [5.74, 6) is -1.00. The van der Waals surface area contributed by atoms with E-state index in [9.17, 15) is 46.5 Å². The highest BCUT2D eigenvalue weighted by molar-refractivity contribution is 5.87. The molecule has 4 unspecified atom stereocenters. The maximum atomic E-state index is 14.2. The van der Waals surface area contributed by atoms with Gasteiger partial charge in [0.25, 0.3) is 0 Å². The van der Waals surface area contributed by atoms with E-state index >= 15 is 0 Å². The topological polar surface area (TPSA) is 87.0 Å². The van der Waals surface area contributed by atoms with E-state index in [0.29, 0.717) is 13.8 Å². The van der Waals surface area contributed by atoms with Crippen LogP contribution in [0.4, 0.5) is 26.3 Å². The molecule has 0 aliphatic heterocycles. The minimum Gasteiger partial charge on any atom is -0.456 e. The molecular weight excluding hydrogens is 470 g/mol. The summed E-state index contributed by atoms with van der Waals surface area (Å²) in [4.78, 5) is 12.5. The van der Waals surface area contributed by atoms with Crippen molar-refractivity contribution in [1.29, 1.82) is 0 Å². The van der Waals surface area contributed by atoms with Gasteiger partial charge < -0.3 is 20.1 Å². The zero-order valence-electron chi connectivity index (χ0n) is 19.9. The van der Waals surface area contributed by atoms with Gasteiger partial charge in [0.05, 0.1) is 5.60 Å². The number of aliphatic hydroxyl groups is 3. The molecule has 0 amide bonds. The number of rotatable bonds is 5. The summed E-state index contributed by atoms with van der Waals surface area (Å²) >= 11 is 0. The van der Waals surface area contributed by atoms with Crippen molar-refractivity contribution in [3.8, 4) is 0 Å². The molecule has 0 saturated heterocycles. The van der Waals surface area contributed by atoms with Crippen LogP contribution in [0.25, 0.3) is 0 Å². The highest BCUT2D eigenvalue weighted by Gasteiger charge is 2.83. The van der Waals surface area contributed by atoms with Crippen LogP contribution >= 0.6 is 0 Å². The third-order valence-corrected chi connectivity index (χ3v) is 9.14. The van der Waals surface area contributed by atoms with Gasteiger partial charge in [-0.15, -0.1) is 0 Å². The van der Waals surface area contributed by atoms with Crippen molar-refractivity contribution >= 4 is 5.97 Å². The second-order valence-electron chi connectivity index (χ2n) is 12.0.